The minimum absolute atomic E-state index is 0.0177. The summed E-state index contributed by atoms with van der Waals surface area (Å²) in [6.45, 7) is 6.11. The molecule has 3 atom stereocenters. The van der Waals surface area contributed by atoms with Crippen LogP contribution in [0.15, 0.2) is 18.2 Å². The minimum atomic E-state index is -1.31. The molecule has 0 aliphatic carbocycles. The highest BCUT2D eigenvalue weighted by atomic mass is 16.6. The number of aliphatic carboxylic acids is 1. The molecule has 3 N–H and O–H groups in total. The minimum Gasteiger partial charge on any atom is -0.480 e. The van der Waals surface area contributed by atoms with Gasteiger partial charge in [-0.25, -0.2) is 0 Å². The maximum absolute atomic E-state index is 11.9. The number of benzene rings is 1. The third kappa shape index (κ3) is 8.75. The molecule has 0 saturated heterocycles. The number of hydrogen-bond donors (Lipinski definition) is 2. The Morgan fingerprint density at radius 2 is 1.65 bits per heavy atom. The lowest BCUT2D eigenvalue weighted by molar-refractivity contribution is -0.145. The van der Waals surface area contributed by atoms with Gasteiger partial charge in [0.2, 0.25) is 0 Å². The van der Waals surface area contributed by atoms with Crippen molar-refractivity contribution in [3.8, 4) is 11.5 Å². The molecular formula is C22H31NO8. The Hall–Kier alpha value is -2.94. The lowest BCUT2D eigenvalue weighted by atomic mass is 9.82. The van der Waals surface area contributed by atoms with E-state index in [1.165, 1.54) is 32.0 Å². The standard InChI is InChI=1S/C22H31NO8/c1-5-6-7-8-19(26)29-12-13(2)20(21(23)22(27)28)16-9-10-17(30-14(3)24)18(11-16)31-15(4)25/h9-11,13,20-21H,5-8,12,23H2,1-4H3,(H,27,28)/t13?,20?,21-/m0/s1. The number of carbonyl (C=O) groups is 4. The number of rotatable bonds is 12. The van der Waals surface area contributed by atoms with Gasteiger partial charge in [0, 0.05) is 26.2 Å². The first-order valence-corrected chi connectivity index (χ1v) is 10.2. The van der Waals surface area contributed by atoms with Crippen LogP contribution in [-0.4, -0.2) is 41.6 Å². The molecule has 1 aromatic rings. The molecule has 1 rings (SSSR count). The molecule has 172 valence electrons. The number of ether oxygens (including phenoxy) is 3. The molecule has 0 heterocycles. The van der Waals surface area contributed by atoms with Gasteiger partial charge in [0.05, 0.1) is 6.61 Å². The molecule has 31 heavy (non-hydrogen) atoms. The van der Waals surface area contributed by atoms with Crippen molar-refractivity contribution in [2.75, 3.05) is 6.61 Å². The van der Waals surface area contributed by atoms with Crippen LogP contribution in [-0.2, 0) is 23.9 Å². The highest BCUT2D eigenvalue weighted by molar-refractivity contribution is 5.76. The maximum atomic E-state index is 11.9. The molecule has 0 bridgehead atoms. The number of esters is 3. The fourth-order valence-electron chi connectivity index (χ4n) is 3.17. The highest BCUT2D eigenvalue weighted by Gasteiger charge is 2.32. The lowest BCUT2D eigenvalue weighted by Crippen LogP contribution is -2.40. The van der Waals surface area contributed by atoms with Crippen molar-refractivity contribution >= 4 is 23.9 Å². The second kappa shape index (κ2) is 12.7. The van der Waals surface area contributed by atoms with Gasteiger partial charge in [-0.05, 0) is 30.0 Å². The number of carboxylic acid groups (broad SMARTS) is 1. The Morgan fingerprint density at radius 1 is 1.03 bits per heavy atom. The first kappa shape index (κ1) is 26.1. The molecular weight excluding hydrogens is 406 g/mol. The fraction of sp³-hybridized carbons (Fsp3) is 0.545. The van der Waals surface area contributed by atoms with Crippen molar-refractivity contribution < 1.29 is 38.5 Å². The number of hydrogen-bond acceptors (Lipinski definition) is 8. The van der Waals surface area contributed by atoms with Gasteiger partial charge in [0.25, 0.3) is 0 Å². The van der Waals surface area contributed by atoms with E-state index in [0.29, 0.717) is 12.0 Å². The van der Waals surface area contributed by atoms with Crippen LogP contribution in [0.1, 0.15) is 64.9 Å². The molecule has 0 radical (unpaired) electrons. The summed E-state index contributed by atoms with van der Waals surface area (Å²) in [5.74, 6) is -4.07. The number of carboxylic acids is 1. The highest BCUT2D eigenvalue weighted by Crippen LogP contribution is 2.35. The Kier molecular flexibility index (Phi) is 10.7. The van der Waals surface area contributed by atoms with Crippen LogP contribution in [0.2, 0.25) is 0 Å². The smallest absolute Gasteiger partial charge is 0.321 e. The van der Waals surface area contributed by atoms with Gasteiger partial charge in [-0.1, -0.05) is 32.8 Å². The molecule has 0 aromatic heterocycles. The van der Waals surface area contributed by atoms with E-state index in [9.17, 15) is 24.3 Å². The third-order valence-corrected chi connectivity index (χ3v) is 4.64. The Morgan fingerprint density at radius 3 is 2.19 bits per heavy atom. The Balaban J connectivity index is 3.14. The van der Waals surface area contributed by atoms with Crippen molar-refractivity contribution in [3.63, 3.8) is 0 Å². The quantitative estimate of drug-likeness (QED) is 0.287. The lowest BCUT2D eigenvalue weighted by Gasteiger charge is -2.28. The zero-order valence-corrected chi connectivity index (χ0v) is 18.4. The van der Waals surface area contributed by atoms with Gasteiger partial charge in [-0.3, -0.25) is 19.2 Å². The summed E-state index contributed by atoms with van der Waals surface area (Å²) in [7, 11) is 0. The predicted molar refractivity (Wildman–Crippen MR) is 112 cm³/mol. The predicted octanol–water partition coefficient (Wildman–Crippen LogP) is 2.79. The van der Waals surface area contributed by atoms with Crippen LogP contribution in [0, 0.1) is 5.92 Å². The van der Waals surface area contributed by atoms with Crippen LogP contribution in [0.4, 0.5) is 0 Å². The van der Waals surface area contributed by atoms with Crippen LogP contribution >= 0.6 is 0 Å². The molecule has 0 saturated carbocycles. The molecule has 0 aliphatic heterocycles. The Bertz CT molecular complexity index is 792. The van der Waals surface area contributed by atoms with E-state index in [4.69, 9.17) is 19.9 Å². The van der Waals surface area contributed by atoms with Crippen LogP contribution in [0.5, 0.6) is 11.5 Å². The van der Waals surface area contributed by atoms with E-state index in [2.05, 4.69) is 0 Å². The summed E-state index contributed by atoms with van der Waals surface area (Å²) in [5.41, 5.74) is 6.38. The molecule has 2 unspecified atom stereocenters. The fourth-order valence-corrected chi connectivity index (χ4v) is 3.17. The molecule has 9 nitrogen and oxygen atoms in total. The van der Waals surface area contributed by atoms with E-state index in [1.54, 1.807) is 6.92 Å². The third-order valence-electron chi connectivity index (χ3n) is 4.64. The molecule has 9 heteroatoms. The van der Waals surface area contributed by atoms with Crippen molar-refractivity contribution in [2.24, 2.45) is 11.7 Å². The average molecular weight is 437 g/mol. The van der Waals surface area contributed by atoms with Gasteiger partial charge in [-0.15, -0.1) is 0 Å². The summed E-state index contributed by atoms with van der Waals surface area (Å²) in [5, 5.41) is 9.48. The Labute approximate surface area is 181 Å². The topological polar surface area (TPSA) is 142 Å². The zero-order valence-electron chi connectivity index (χ0n) is 18.4. The molecule has 1 aromatic carbocycles. The van der Waals surface area contributed by atoms with Gasteiger partial charge in [-0.2, -0.15) is 0 Å². The van der Waals surface area contributed by atoms with Gasteiger partial charge < -0.3 is 25.1 Å². The summed E-state index contributed by atoms with van der Waals surface area (Å²) < 4.78 is 15.5. The number of unbranched alkanes of at least 4 members (excludes halogenated alkanes) is 2. The second-order valence-corrected chi connectivity index (χ2v) is 7.40. The second-order valence-electron chi connectivity index (χ2n) is 7.40. The summed E-state index contributed by atoms with van der Waals surface area (Å²) in [6.07, 6.45) is 2.92. The maximum Gasteiger partial charge on any atom is 0.321 e. The summed E-state index contributed by atoms with van der Waals surface area (Å²) >= 11 is 0. The van der Waals surface area contributed by atoms with Crippen molar-refractivity contribution in [1.82, 2.24) is 0 Å². The monoisotopic (exact) mass is 437 g/mol. The van der Waals surface area contributed by atoms with E-state index >= 15 is 0 Å². The number of carbonyl (C=O) groups excluding carboxylic acids is 3. The first-order chi connectivity index (χ1) is 14.6. The van der Waals surface area contributed by atoms with Gasteiger partial charge in [0.15, 0.2) is 11.5 Å². The SMILES string of the molecule is CCCCCC(=O)OCC(C)C(c1ccc(OC(C)=O)c(OC(C)=O)c1)[C@H](N)C(=O)O. The van der Waals surface area contributed by atoms with Crippen LogP contribution < -0.4 is 15.2 Å². The van der Waals surface area contributed by atoms with E-state index in [0.717, 1.165) is 19.3 Å². The van der Waals surface area contributed by atoms with Gasteiger partial charge >= 0.3 is 23.9 Å². The molecule has 0 amide bonds. The van der Waals surface area contributed by atoms with Crippen LogP contribution in [0.3, 0.4) is 0 Å². The molecule has 0 aliphatic rings. The number of nitrogens with two attached hydrogens (primary N) is 1. The van der Waals surface area contributed by atoms with E-state index < -0.39 is 35.8 Å². The largest absolute Gasteiger partial charge is 0.480 e. The van der Waals surface area contributed by atoms with Gasteiger partial charge in [0.1, 0.15) is 6.04 Å². The molecule has 0 fully saturated rings. The first-order valence-electron chi connectivity index (χ1n) is 10.2. The van der Waals surface area contributed by atoms with Crippen molar-refractivity contribution in [2.45, 2.75) is 65.3 Å². The van der Waals surface area contributed by atoms with Crippen molar-refractivity contribution in [1.29, 1.82) is 0 Å². The van der Waals surface area contributed by atoms with E-state index in [1.807, 2.05) is 6.92 Å². The average Bonchev–Trinajstić information content (AvgIpc) is 2.67. The van der Waals surface area contributed by atoms with Crippen molar-refractivity contribution in [3.05, 3.63) is 23.8 Å². The van der Waals surface area contributed by atoms with Crippen LogP contribution in [0.25, 0.3) is 0 Å². The van der Waals surface area contributed by atoms with E-state index in [-0.39, 0.29) is 24.1 Å². The molecule has 0 spiro atoms. The summed E-state index contributed by atoms with van der Waals surface area (Å²) in [6, 6.07) is 3.05. The zero-order chi connectivity index (χ0) is 23.6. The summed E-state index contributed by atoms with van der Waals surface area (Å²) in [4.78, 5) is 46.3. The normalized spacial score (nSPS) is 13.6.